The molecule has 79 heavy (non-hydrogen) atoms. The molecule has 0 aromatic carbocycles. The minimum absolute atomic E-state index is 0.0781. The quantitative estimate of drug-likeness (QED) is 0.0261. The summed E-state index contributed by atoms with van der Waals surface area (Å²) in [5.74, 6) is -0.874. The average molecular weight is 1100 g/mol. The van der Waals surface area contributed by atoms with E-state index in [0.29, 0.717) is 19.3 Å². The van der Waals surface area contributed by atoms with Crippen LogP contribution < -0.4 is 0 Å². The summed E-state index contributed by atoms with van der Waals surface area (Å²) in [7, 11) is 0. The number of hydrogen-bond acceptors (Lipinski definition) is 6. The largest absolute Gasteiger partial charge is 0.462 e. The number of ether oxygens (including phenoxy) is 3. The SMILES string of the molecule is CC/C=C\C/C=C\C/C=C\CCCCCCCCCC(=O)OCC(COC(=O)CCCCCCCCCCCCCCC/C=C\CCCCCCCCCC)OC(=O)CCCCCCCCCCC/C=C\C/C=C\CCCCC. The maximum atomic E-state index is 12.9. The summed E-state index contributed by atoms with van der Waals surface area (Å²) >= 11 is 0. The van der Waals surface area contributed by atoms with Crippen LogP contribution in [0, 0.1) is 0 Å². The van der Waals surface area contributed by atoms with Gasteiger partial charge in [0.1, 0.15) is 13.2 Å². The number of carbonyl (C=O) groups excluding carboxylic acids is 3. The smallest absolute Gasteiger partial charge is 0.306 e. The Morgan fingerprint density at radius 2 is 0.494 bits per heavy atom. The summed E-state index contributed by atoms with van der Waals surface area (Å²) in [6, 6.07) is 0. The molecule has 0 spiro atoms. The first-order chi connectivity index (χ1) is 39.0. The topological polar surface area (TPSA) is 78.9 Å². The van der Waals surface area contributed by atoms with Gasteiger partial charge in [0.05, 0.1) is 0 Å². The van der Waals surface area contributed by atoms with Crippen molar-refractivity contribution in [2.45, 2.75) is 361 Å². The lowest BCUT2D eigenvalue weighted by Crippen LogP contribution is -2.30. The molecule has 0 radical (unpaired) electrons. The number of allylic oxidation sites excluding steroid dienone is 12. The van der Waals surface area contributed by atoms with Crippen molar-refractivity contribution in [2.75, 3.05) is 13.2 Å². The lowest BCUT2D eigenvalue weighted by Gasteiger charge is -2.18. The van der Waals surface area contributed by atoms with Crippen LogP contribution in [0.2, 0.25) is 0 Å². The lowest BCUT2D eigenvalue weighted by molar-refractivity contribution is -0.167. The molecule has 6 nitrogen and oxygen atoms in total. The van der Waals surface area contributed by atoms with E-state index in [1.165, 1.54) is 225 Å². The van der Waals surface area contributed by atoms with Crippen molar-refractivity contribution in [1.82, 2.24) is 0 Å². The van der Waals surface area contributed by atoms with Crippen molar-refractivity contribution in [3.63, 3.8) is 0 Å². The van der Waals surface area contributed by atoms with Gasteiger partial charge in [-0.25, -0.2) is 0 Å². The van der Waals surface area contributed by atoms with Gasteiger partial charge in [0.2, 0.25) is 0 Å². The fourth-order valence-corrected chi connectivity index (χ4v) is 10.0. The summed E-state index contributed by atoms with van der Waals surface area (Å²) in [5.41, 5.74) is 0. The molecule has 0 aromatic rings. The van der Waals surface area contributed by atoms with E-state index in [1.807, 2.05) is 0 Å². The second kappa shape index (κ2) is 67.4. The number of hydrogen-bond donors (Lipinski definition) is 0. The van der Waals surface area contributed by atoms with E-state index in [4.69, 9.17) is 14.2 Å². The highest BCUT2D eigenvalue weighted by Gasteiger charge is 2.19. The Morgan fingerprint density at radius 1 is 0.266 bits per heavy atom. The zero-order chi connectivity index (χ0) is 57.1. The van der Waals surface area contributed by atoms with Crippen LogP contribution in [0.1, 0.15) is 355 Å². The molecule has 0 N–H and O–H groups in total. The van der Waals surface area contributed by atoms with E-state index in [2.05, 4.69) is 93.7 Å². The van der Waals surface area contributed by atoms with Gasteiger partial charge in [0.25, 0.3) is 0 Å². The summed E-state index contributed by atoms with van der Waals surface area (Å²) < 4.78 is 17.0. The van der Waals surface area contributed by atoms with Crippen LogP contribution in [0.3, 0.4) is 0 Å². The second-order valence-electron chi connectivity index (χ2n) is 23.1. The first-order valence-electron chi connectivity index (χ1n) is 34.4. The van der Waals surface area contributed by atoms with Crippen molar-refractivity contribution < 1.29 is 28.6 Å². The summed E-state index contributed by atoms with van der Waals surface area (Å²) in [5, 5.41) is 0. The van der Waals surface area contributed by atoms with E-state index >= 15 is 0 Å². The molecule has 0 aromatic heterocycles. The van der Waals surface area contributed by atoms with Gasteiger partial charge in [-0.3, -0.25) is 14.4 Å². The number of esters is 3. The minimum atomic E-state index is -0.783. The molecular formula is C73H130O6. The molecule has 0 saturated heterocycles. The Labute approximate surface area is 491 Å². The third kappa shape index (κ3) is 65.5. The lowest BCUT2D eigenvalue weighted by atomic mass is 10.0. The molecule has 0 amide bonds. The minimum Gasteiger partial charge on any atom is -0.462 e. The standard InChI is InChI=1S/C73H130O6/c1-4-7-10-13-16-19-22-25-28-31-33-34-35-36-37-38-40-42-45-48-51-54-57-60-63-66-72(75)78-69-70(68-77-71(74)65-62-59-56-53-50-47-44-41-30-27-24-21-18-15-12-9-6-3)79-73(76)67-64-61-58-55-52-49-46-43-39-32-29-26-23-20-17-14-11-8-5-2/h9,12,17-18,20-21,26-27,29-31,33,70H,4-8,10-11,13-16,19,22-25,28,32,34-69H2,1-3H3/b12-9-,20-17-,21-18-,29-26-,30-27-,33-31-. The maximum Gasteiger partial charge on any atom is 0.306 e. The molecule has 0 rings (SSSR count). The van der Waals surface area contributed by atoms with Crippen LogP contribution >= 0.6 is 0 Å². The van der Waals surface area contributed by atoms with Crippen molar-refractivity contribution in [2.24, 2.45) is 0 Å². The van der Waals surface area contributed by atoms with Gasteiger partial charge < -0.3 is 14.2 Å². The molecule has 0 aliphatic carbocycles. The van der Waals surface area contributed by atoms with Crippen LogP contribution in [-0.2, 0) is 28.6 Å². The van der Waals surface area contributed by atoms with E-state index in [-0.39, 0.29) is 31.1 Å². The highest BCUT2D eigenvalue weighted by Crippen LogP contribution is 2.17. The van der Waals surface area contributed by atoms with Gasteiger partial charge in [0.15, 0.2) is 6.10 Å². The van der Waals surface area contributed by atoms with E-state index < -0.39 is 6.10 Å². The Hall–Kier alpha value is -3.15. The molecule has 0 saturated carbocycles. The normalized spacial score (nSPS) is 12.5. The molecule has 0 fully saturated rings. The van der Waals surface area contributed by atoms with E-state index in [0.717, 1.165) is 89.9 Å². The Balaban J connectivity index is 4.32. The Kier molecular flexibility index (Phi) is 64.7. The third-order valence-corrected chi connectivity index (χ3v) is 15.2. The molecule has 0 bridgehead atoms. The number of rotatable bonds is 63. The molecular weight excluding hydrogens is 973 g/mol. The fourth-order valence-electron chi connectivity index (χ4n) is 10.0. The monoisotopic (exact) mass is 1100 g/mol. The Bertz CT molecular complexity index is 1450. The van der Waals surface area contributed by atoms with Crippen LogP contribution in [0.5, 0.6) is 0 Å². The third-order valence-electron chi connectivity index (χ3n) is 15.2. The van der Waals surface area contributed by atoms with Crippen molar-refractivity contribution in [1.29, 1.82) is 0 Å². The second-order valence-corrected chi connectivity index (χ2v) is 23.1. The predicted octanol–water partition coefficient (Wildman–Crippen LogP) is 23.7. The van der Waals surface area contributed by atoms with E-state index in [9.17, 15) is 14.4 Å². The van der Waals surface area contributed by atoms with Gasteiger partial charge in [-0.15, -0.1) is 0 Å². The number of carbonyl (C=O) groups is 3. The molecule has 458 valence electrons. The molecule has 1 unspecified atom stereocenters. The zero-order valence-corrected chi connectivity index (χ0v) is 52.6. The molecule has 0 aliphatic heterocycles. The molecule has 0 aliphatic rings. The highest BCUT2D eigenvalue weighted by molar-refractivity contribution is 5.71. The van der Waals surface area contributed by atoms with Crippen LogP contribution in [0.15, 0.2) is 72.9 Å². The van der Waals surface area contributed by atoms with Gasteiger partial charge >= 0.3 is 17.9 Å². The van der Waals surface area contributed by atoms with Crippen LogP contribution in [0.4, 0.5) is 0 Å². The summed E-state index contributed by atoms with van der Waals surface area (Å²) in [6.07, 6.45) is 87.7. The van der Waals surface area contributed by atoms with Crippen molar-refractivity contribution in [3.8, 4) is 0 Å². The molecule has 1 atom stereocenters. The van der Waals surface area contributed by atoms with E-state index in [1.54, 1.807) is 0 Å². The van der Waals surface area contributed by atoms with Crippen LogP contribution in [-0.4, -0.2) is 37.2 Å². The predicted molar refractivity (Wildman–Crippen MR) is 344 cm³/mol. The molecule has 6 heteroatoms. The summed E-state index contributed by atoms with van der Waals surface area (Å²) in [4.78, 5) is 38.4. The van der Waals surface area contributed by atoms with Crippen molar-refractivity contribution in [3.05, 3.63) is 72.9 Å². The zero-order valence-electron chi connectivity index (χ0n) is 52.6. The summed E-state index contributed by atoms with van der Waals surface area (Å²) in [6.45, 7) is 6.54. The fraction of sp³-hybridized carbons (Fsp3) is 0.795. The average Bonchev–Trinajstić information content (AvgIpc) is 3.45. The van der Waals surface area contributed by atoms with Gasteiger partial charge in [-0.2, -0.15) is 0 Å². The van der Waals surface area contributed by atoms with Crippen LogP contribution in [0.25, 0.3) is 0 Å². The Morgan fingerprint density at radius 3 is 0.810 bits per heavy atom. The first-order valence-corrected chi connectivity index (χ1v) is 34.4. The van der Waals surface area contributed by atoms with Gasteiger partial charge in [-0.05, 0) is 109 Å². The highest BCUT2D eigenvalue weighted by atomic mass is 16.6. The number of unbranched alkanes of at least 4 members (excludes halogenated alkanes) is 40. The van der Waals surface area contributed by atoms with Crippen molar-refractivity contribution >= 4 is 17.9 Å². The van der Waals surface area contributed by atoms with Gasteiger partial charge in [0, 0.05) is 19.3 Å². The van der Waals surface area contributed by atoms with Gasteiger partial charge in [-0.1, -0.05) is 299 Å². The maximum absolute atomic E-state index is 12.9. The molecule has 0 heterocycles. The first kappa shape index (κ1) is 75.8.